The second kappa shape index (κ2) is 6.36. The third kappa shape index (κ3) is 2.78. The van der Waals surface area contributed by atoms with Gasteiger partial charge in [0, 0.05) is 12.1 Å². The zero-order valence-electron chi connectivity index (χ0n) is 13.7. The Morgan fingerprint density at radius 2 is 1.74 bits per heavy atom. The van der Waals surface area contributed by atoms with Crippen LogP contribution in [0.3, 0.4) is 0 Å². The van der Waals surface area contributed by atoms with Crippen LogP contribution in [0.2, 0.25) is 0 Å². The molecule has 1 heterocycles. The van der Waals surface area contributed by atoms with E-state index in [1.165, 1.54) is 0 Å². The van der Waals surface area contributed by atoms with Crippen molar-refractivity contribution in [3.8, 4) is 11.4 Å². The van der Waals surface area contributed by atoms with Gasteiger partial charge in [0.1, 0.15) is 11.9 Å². The summed E-state index contributed by atoms with van der Waals surface area (Å²) in [6, 6.07) is 0. The second-order valence-corrected chi connectivity index (χ2v) is 5.57. The quantitative estimate of drug-likeness (QED) is 0.930. The maximum absolute atomic E-state index is 12.6. The number of benzene rings is 1. The summed E-state index contributed by atoms with van der Waals surface area (Å²) in [5, 5.41) is 14.2. The monoisotopic (exact) mass is 321 g/mol. The maximum Gasteiger partial charge on any atom is 0.352 e. The first-order chi connectivity index (χ1) is 10.8. The summed E-state index contributed by atoms with van der Waals surface area (Å²) in [6.45, 7) is 6.54. The van der Waals surface area contributed by atoms with Gasteiger partial charge in [0.05, 0.1) is 12.4 Å². The minimum Gasteiger partial charge on any atom is -0.507 e. The average molecular weight is 321 g/mol. The van der Waals surface area contributed by atoms with E-state index in [1.54, 1.807) is 13.8 Å². The van der Waals surface area contributed by atoms with Crippen molar-refractivity contribution in [3.05, 3.63) is 49.3 Å². The van der Waals surface area contributed by atoms with E-state index in [1.807, 2.05) is 13.8 Å². The van der Waals surface area contributed by atoms with E-state index in [4.69, 9.17) is 0 Å². The first-order valence-corrected chi connectivity index (χ1v) is 7.36. The van der Waals surface area contributed by atoms with Crippen LogP contribution in [0.15, 0.2) is 15.8 Å². The average Bonchev–Trinajstić information content (AvgIpc) is 2.53. The smallest absolute Gasteiger partial charge is 0.352 e. The molecular weight excluding hydrogens is 301 g/mol. The number of aromatic nitrogens is 3. The topological polar surface area (TPSA) is 77.1 Å². The Bertz CT molecular complexity index is 839. The minimum absolute atomic E-state index is 0.00833. The van der Waals surface area contributed by atoms with Crippen molar-refractivity contribution in [1.82, 2.24) is 14.3 Å². The molecule has 0 unspecified atom stereocenters. The molecular formula is C16H20FN3O3. The first kappa shape index (κ1) is 16.9. The van der Waals surface area contributed by atoms with E-state index in [0.717, 1.165) is 32.1 Å². The number of alkyl halides is 1. The van der Waals surface area contributed by atoms with E-state index in [2.05, 4.69) is 5.10 Å². The van der Waals surface area contributed by atoms with Crippen molar-refractivity contribution >= 4 is 0 Å². The highest BCUT2D eigenvalue weighted by Gasteiger charge is 2.18. The molecule has 1 aromatic heterocycles. The van der Waals surface area contributed by atoms with Crippen LogP contribution in [-0.4, -0.2) is 26.1 Å². The van der Waals surface area contributed by atoms with Crippen molar-refractivity contribution in [1.29, 1.82) is 0 Å². The van der Waals surface area contributed by atoms with Crippen LogP contribution in [0.25, 0.3) is 5.69 Å². The molecule has 0 aliphatic rings. The van der Waals surface area contributed by atoms with Crippen molar-refractivity contribution in [2.75, 3.05) is 6.67 Å². The summed E-state index contributed by atoms with van der Waals surface area (Å²) in [6.07, 6.45) is 1.11. The number of hydrogen-bond acceptors (Lipinski definition) is 4. The molecule has 0 aliphatic heterocycles. The molecule has 1 aromatic carbocycles. The molecule has 124 valence electrons. The van der Waals surface area contributed by atoms with Gasteiger partial charge >= 0.3 is 5.69 Å². The summed E-state index contributed by atoms with van der Waals surface area (Å²) in [5.74, 6) is 0.0957. The lowest BCUT2D eigenvalue weighted by molar-refractivity contribution is 0.432. The number of nitrogens with zero attached hydrogens (tertiary/aromatic N) is 3. The highest BCUT2D eigenvalue weighted by molar-refractivity contribution is 5.60. The van der Waals surface area contributed by atoms with E-state index in [9.17, 15) is 19.1 Å². The molecule has 23 heavy (non-hydrogen) atoms. The predicted octanol–water partition coefficient (Wildman–Crippen LogP) is 1.69. The Kier molecular flexibility index (Phi) is 4.68. The van der Waals surface area contributed by atoms with Crippen LogP contribution in [0.4, 0.5) is 4.39 Å². The molecule has 2 aromatic rings. The van der Waals surface area contributed by atoms with Gasteiger partial charge in [-0.25, -0.2) is 4.79 Å². The molecule has 0 bridgehead atoms. The Morgan fingerprint density at radius 1 is 1.09 bits per heavy atom. The lowest BCUT2D eigenvalue weighted by atomic mass is 9.97. The molecule has 0 fully saturated rings. The number of hydrogen-bond donors (Lipinski definition) is 1. The summed E-state index contributed by atoms with van der Waals surface area (Å²) < 4.78 is 14.4. The minimum atomic E-state index is -0.639. The molecule has 0 atom stereocenters. The van der Waals surface area contributed by atoms with Crippen LogP contribution in [-0.2, 0) is 6.54 Å². The lowest BCUT2D eigenvalue weighted by Crippen LogP contribution is -2.40. The van der Waals surface area contributed by atoms with Crippen molar-refractivity contribution < 1.29 is 9.50 Å². The summed E-state index contributed by atoms with van der Waals surface area (Å²) >= 11 is 0. The standard InChI is InChI=1S/C16H20FN3O3/c1-9-10(2)14(12(4)15(22)11(9)3)20-16(23)19(7-5-6-17)13(21)8-18-20/h8,22H,5-7H2,1-4H3. The Balaban J connectivity index is 2.79. The number of halogens is 1. The number of phenols is 1. The molecule has 0 saturated heterocycles. The fraction of sp³-hybridized carbons (Fsp3) is 0.438. The second-order valence-electron chi connectivity index (χ2n) is 5.57. The van der Waals surface area contributed by atoms with Gasteiger partial charge in [-0.15, -0.1) is 0 Å². The van der Waals surface area contributed by atoms with E-state index in [-0.39, 0.29) is 18.7 Å². The van der Waals surface area contributed by atoms with Gasteiger partial charge in [-0.05, 0) is 50.8 Å². The molecule has 7 heteroatoms. The number of rotatable bonds is 4. The lowest BCUT2D eigenvalue weighted by Gasteiger charge is -2.18. The highest BCUT2D eigenvalue weighted by Crippen LogP contribution is 2.32. The van der Waals surface area contributed by atoms with Crippen LogP contribution in [0, 0.1) is 27.7 Å². The molecule has 0 saturated carbocycles. The van der Waals surface area contributed by atoms with Gasteiger partial charge in [-0.1, -0.05) is 0 Å². The van der Waals surface area contributed by atoms with Crippen molar-refractivity contribution in [2.45, 2.75) is 40.7 Å². The largest absolute Gasteiger partial charge is 0.507 e. The van der Waals surface area contributed by atoms with Gasteiger partial charge < -0.3 is 5.11 Å². The zero-order valence-corrected chi connectivity index (χ0v) is 13.7. The Morgan fingerprint density at radius 3 is 2.35 bits per heavy atom. The third-order valence-electron chi connectivity index (χ3n) is 4.23. The fourth-order valence-electron chi connectivity index (χ4n) is 2.64. The number of phenolic OH excluding ortho intramolecular Hbond substituents is 1. The summed E-state index contributed by atoms with van der Waals surface area (Å²) in [7, 11) is 0. The summed E-state index contributed by atoms with van der Waals surface area (Å²) in [5.41, 5.74) is 2.13. The molecule has 0 spiro atoms. The third-order valence-corrected chi connectivity index (χ3v) is 4.23. The molecule has 0 radical (unpaired) electrons. The van der Waals surface area contributed by atoms with Gasteiger partial charge in [0.2, 0.25) is 0 Å². The van der Waals surface area contributed by atoms with Crippen molar-refractivity contribution in [3.63, 3.8) is 0 Å². The molecule has 1 N–H and O–H groups in total. The molecule has 0 amide bonds. The molecule has 6 nitrogen and oxygen atoms in total. The van der Waals surface area contributed by atoms with Crippen LogP contribution in [0.1, 0.15) is 28.7 Å². The zero-order chi connectivity index (χ0) is 17.3. The van der Waals surface area contributed by atoms with E-state index < -0.39 is 17.9 Å². The van der Waals surface area contributed by atoms with Gasteiger partial charge in [-0.3, -0.25) is 13.8 Å². The van der Waals surface area contributed by atoms with Gasteiger partial charge in [0.15, 0.2) is 0 Å². The maximum atomic E-state index is 12.6. The fourth-order valence-corrected chi connectivity index (χ4v) is 2.64. The van der Waals surface area contributed by atoms with Crippen LogP contribution < -0.4 is 11.2 Å². The highest BCUT2D eigenvalue weighted by atomic mass is 19.1. The van der Waals surface area contributed by atoms with Gasteiger partial charge in [-0.2, -0.15) is 9.78 Å². The molecule has 0 aliphatic carbocycles. The Hall–Kier alpha value is -2.44. The van der Waals surface area contributed by atoms with Gasteiger partial charge in [0.25, 0.3) is 5.56 Å². The van der Waals surface area contributed by atoms with Crippen molar-refractivity contribution in [2.24, 2.45) is 0 Å². The molecule has 2 rings (SSSR count). The van der Waals surface area contributed by atoms with E-state index in [0.29, 0.717) is 11.3 Å². The number of aromatic hydroxyl groups is 1. The SMILES string of the molecule is Cc1c(C)c(O)c(C)c(-n2ncc(=O)n(CCCF)c2=O)c1C. The van der Waals surface area contributed by atoms with Crippen LogP contribution >= 0.6 is 0 Å². The van der Waals surface area contributed by atoms with E-state index >= 15 is 0 Å². The van der Waals surface area contributed by atoms with Crippen LogP contribution in [0.5, 0.6) is 5.75 Å². The summed E-state index contributed by atoms with van der Waals surface area (Å²) in [4.78, 5) is 24.4. The predicted molar refractivity (Wildman–Crippen MR) is 85.3 cm³/mol. The first-order valence-electron chi connectivity index (χ1n) is 7.36. The Labute approximate surface area is 132 Å². The normalized spacial score (nSPS) is 11.0.